The molecule has 3 nitrogen and oxygen atoms in total. The zero-order valence-corrected chi connectivity index (χ0v) is 12.2. The number of nitrogens with zero attached hydrogens (tertiary/aromatic N) is 1. The lowest BCUT2D eigenvalue weighted by atomic mass is 10.1. The fourth-order valence-corrected chi connectivity index (χ4v) is 2.59. The third-order valence-electron chi connectivity index (χ3n) is 3.88. The van der Waals surface area contributed by atoms with Crippen LogP contribution in [0.25, 0.3) is 0 Å². The molecular weight excluding hydrogens is 253 g/mol. The molecule has 0 heterocycles. The minimum absolute atomic E-state index is 0.187. The van der Waals surface area contributed by atoms with Gasteiger partial charge in [0, 0.05) is 6.04 Å². The Labute approximate surface area is 120 Å². The molecule has 0 bridgehead atoms. The first-order chi connectivity index (χ1) is 9.65. The van der Waals surface area contributed by atoms with Gasteiger partial charge < -0.3 is 11.1 Å². The van der Waals surface area contributed by atoms with Crippen molar-refractivity contribution in [3.63, 3.8) is 0 Å². The molecule has 1 aliphatic rings. The molecule has 1 fully saturated rings. The molecule has 2 rings (SSSR count). The fourth-order valence-electron chi connectivity index (χ4n) is 2.59. The Morgan fingerprint density at radius 1 is 1.30 bits per heavy atom. The number of aryl methyl sites for hydroxylation is 1. The lowest BCUT2D eigenvalue weighted by molar-refractivity contribution is 0.530. The number of nitrogens with two attached hydrogens (primary N) is 1. The highest BCUT2D eigenvalue weighted by atomic mass is 19.1. The van der Waals surface area contributed by atoms with Gasteiger partial charge in [0.25, 0.3) is 0 Å². The summed E-state index contributed by atoms with van der Waals surface area (Å²) in [5.74, 6) is 0.283. The number of benzene rings is 1. The number of aliphatic imine (C=N–C) groups is 1. The van der Waals surface area contributed by atoms with Crippen molar-refractivity contribution in [1.29, 1.82) is 0 Å². The van der Waals surface area contributed by atoms with Gasteiger partial charge in [-0.25, -0.2) is 9.38 Å². The predicted molar refractivity (Wildman–Crippen MR) is 81.1 cm³/mol. The van der Waals surface area contributed by atoms with E-state index in [2.05, 4.69) is 10.3 Å². The van der Waals surface area contributed by atoms with E-state index >= 15 is 0 Å². The molecule has 110 valence electrons. The molecule has 0 unspecified atom stereocenters. The van der Waals surface area contributed by atoms with Gasteiger partial charge in [-0.15, -0.1) is 0 Å². The molecule has 4 heteroatoms. The van der Waals surface area contributed by atoms with E-state index < -0.39 is 0 Å². The molecule has 20 heavy (non-hydrogen) atoms. The van der Waals surface area contributed by atoms with Gasteiger partial charge in [0.1, 0.15) is 5.82 Å². The van der Waals surface area contributed by atoms with E-state index in [1.807, 2.05) is 6.07 Å². The van der Waals surface area contributed by atoms with Crippen LogP contribution in [0.5, 0.6) is 0 Å². The minimum Gasteiger partial charge on any atom is -0.370 e. The average Bonchev–Trinajstić information content (AvgIpc) is 2.69. The Morgan fingerprint density at radius 3 is 2.65 bits per heavy atom. The summed E-state index contributed by atoms with van der Waals surface area (Å²) in [6, 6.07) is 5.63. The molecule has 1 aromatic rings. The summed E-state index contributed by atoms with van der Waals surface area (Å²) < 4.78 is 13.4. The van der Waals surface area contributed by atoms with Crippen LogP contribution in [0.15, 0.2) is 23.2 Å². The number of nitrogens with one attached hydrogen (secondary N) is 1. The normalized spacial score (nSPS) is 17.8. The predicted octanol–water partition coefficient (Wildman–Crippen LogP) is 3.26. The molecule has 1 aromatic carbocycles. The molecule has 0 radical (unpaired) electrons. The van der Waals surface area contributed by atoms with Crippen LogP contribution < -0.4 is 11.1 Å². The average molecular weight is 277 g/mol. The van der Waals surface area contributed by atoms with Crippen LogP contribution in [0.1, 0.15) is 49.7 Å². The van der Waals surface area contributed by atoms with E-state index in [-0.39, 0.29) is 5.82 Å². The van der Waals surface area contributed by atoms with Crippen LogP contribution in [0.2, 0.25) is 0 Å². The third kappa shape index (κ3) is 4.51. The Balaban J connectivity index is 1.87. The lowest BCUT2D eigenvalue weighted by Gasteiger charge is -2.16. The van der Waals surface area contributed by atoms with Gasteiger partial charge in [-0.05, 0) is 37.0 Å². The maximum Gasteiger partial charge on any atom is 0.189 e. The molecule has 0 atom stereocenters. The molecule has 0 aromatic heterocycles. The highest BCUT2D eigenvalue weighted by Gasteiger charge is 2.12. The highest BCUT2D eigenvalue weighted by Crippen LogP contribution is 2.17. The van der Waals surface area contributed by atoms with E-state index in [4.69, 9.17) is 5.73 Å². The summed E-state index contributed by atoms with van der Waals surface area (Å²) in [5.41, 5.74) is 7.42. The summed E-state index contributed by atoms with van der Waals surface area (Å²) in [6.07, 6.45) is 7.47. The smallest absolute Gasteiger partial charge is 0.189 e. The second-order valence-corrected chi connectivity index (χ2v) is 5.62. The molecule has 0 amide bonds. The van der Waals surface area contributed by atoms with E-state index in [9.17, 15) is 4.39 Å². The molecule has 1 aliphatic carbocycles. The van der Waals surface area contributed by atoms with Crippen LogP contribution >= 0.6 is 0 Å². The monoisotopic (exact) mass is 277 g/mol. The number of rotatable bonds is 3. The summed E-state index contributed by atoms with van der Waals surface area (Å²) >= 11 is 0. The number of halogens is 1. The van der Waals surface area contributed by atoms with Crippen LogP contribution in [0.4, 0.5) is 4.39 Å². The third-order valence-corrected chi connectivity index (χ3v) is 3.88. The summed E-state index contributed by atoms with van der Waals surface area (Å²) in [6.45, 7) is 2.17. The molecular formula is C16H24FN3. The molecule has 0 saturated heterocycles. The Bertz CT molecular complexity index is 463. The Hall–Kier alpha value is -1.58. The maximum absolute atomic E-state index is 13.4. The van der Waals surface area contributed by atoms with Gasteiger partial charge >= 0.3 is 0 Å². The van der Waals surface area contributed by atoms with Crippen molar-refractivity contribution in [2.75, 3.05) is 0 Å². The van der Waals surface area contributed by atoms with Crippen LogP contribution in [0.3, 0.4) is 0 Å². The molecule has 3 N–H and O–H groups in total. The standard InChI is InChI=1S/C16H24FN3/c1-12-8-9-13(10-15(12)17)11-19-16(18)20-14-6-4-2-3-5-7-14/h8-10,14H,2-7,11H2,1H3,(H3,18,19,20). The number of guanidine groups is 1. The summed E-state index contributed by atoms with van der Waals surface area (Å²) in [5, 5.41) is 3.29. The van der Waals surface area contributed by atoms with Gasteiger partial charge in [-0.1, -0.05) is 37.8 Å². The largest absolute Gasteiger partial charge is 0.370 e. The van der Waals surface area contributed by atoms with E-state index in [0.29, 0.717) is 24.1 Å². The first kappa shape index (κ1) is 14.8. The van der Waals surface area contributed by atoms with Crippen molar-refractivity contribution in [2.24, 2.45) is 10.7 Å². The van der Waals surface area contributed by atoms with Crippen molar-refractivity contribution in [3.8, 4) is 0 Å². The van der Waals surface area contributed by atoms with Crippen molar-refractivity contribution in [1.82, 2.24) is 5.32 Å². The maximum atomic E-state index is 13.4. The van der Waals surface area contributed by atoms with Gasteiger partial charge in [-0.2, -0.15) is 0 Å². The molecule has 0 aliphatic heterocycles. The van der Waals surface area contributed by atoms with Gasteiger partial charge in [0.05, 0.1) is 6.54 Å². The minimum atomic E-state index is -0.187. The zero-order chi connectivity index (χ0) is 14.4. The molecule has 0 spiro atoms. The Kier molecular flexibility index (Phi) is 5.39. The van der Waals surface area contributed by atoms with Crippen LogP contribution in [-0.2, 0) is 6.54 Å². The van der Waals surface area contributed by atoms with Crippen LogP contribution in [-0.4, -0.2) is 12.0 Å². The number of hydrogen-bond donors (Lipinski definition) is 2. The first-order valence-electron chi connectivity index (χ1n) is 7.46. The summed E-state index contributed by atoms with van der Waals surface area (Å²) in [7, 11) is 0. The fraction of sp³-hybridized carbons (Fsp3) is 0.562. The van der Waals surface area contributed by atoms with Gasteiger partial charge in [0.15, 0.2) is 5.96 Å². The SMILES string of the molecule is Cc1ccc(CN=C(N)NC2CCCCCC2)cc1F. The topological polar surface area (TPSA) is 50.4 Å². The van der Waals surface area contributed by atoms with E-state index in [1.165, 1.54) is 31.7 Å². The Morgan fingerprint density at radius 2 is 2.00 bits per heavy atom. The highest BCUT2D eigenvalue weighted by molar-refractivity contribution is 5.78. The second kappa shape index (κ2) is 7.27. The molecule has 1 saturated carbocycles. The van der Waals surface area contributed by atoms with E-state index in [1.54, 1.807) is 13.0 Å². The zero-order valence-electron chi connectivity index (χ0n) is 12.2. The van der Waals surface area contributed by atoms with Crippen molar-refractivity contribution < 1.29 is 4.39 Å². The van der Waals surface area contributed by atoms with Crippen molar-refractivity contribution in [2.45, 2.75) is 58.0 Å². The second-order valence-electron chi connectivity index (χ2n) is 5.62. The van der Waals surface area contributed by atoms with Gasteiger partial charge in [-0.3, -0.25) is 0 Å². The van der Waals surface area contributed by atoms with Crippen LogP contribution in [0, 0.1) is 12.7 Å². The van der Waals surface area contributed by atoms with E-state index in [0.717, 1.165) is 18.4 Å². The number of hydrogen-bond acceptors (Lipinski definition) is 1. The quantitative estimate of drug-likeness (QED) is 0.506. The van der Waals surface area contributed by atoms with Crippen molar-refractivity contribution in [3.05, 3.63) is 35.1 Å². The van der Waals surface area contributed by atoms with Crippen molar-refractivity contribution >= 4 is 5.96 Å². The summed E-state index contributed by atoms with van der Waals surface area (Å²) in [4.78, 5) is 4.31. The van der Waals surface area contributed by atoms with Gasteiger partial charge in [0.2, 0.25) is 0 Å². The first-order valence-corrected chi connectivity index (χ1v) is 7.46. The lowest BCUT2D eigenvalue weighted by Crippen LogP contribution is -2.39.